The number of pyridine rings is 1. The van der Waals surface area contributed by atoms with Gasteiger partial charge in [0.25, 0.3) is 11.5 Å². The van der Waals surface area contributed by atoms with Crippen LogP contribution in [0, 0.1) is 17.1 Å². The third-order valence-corrected chi connectivity index (χ3v) is 5.10. The summed E-state index contributed by atoms with van der Waals surface area (Å²) in [5.41, 5.74) is -1.84. The fourth-order valence-corrected chi connectivity index (χ4v) is 3.55. The fourth-order valence-electron chi connectivity index (χ4n) is 3.33. The summed E-state index contributed by atoms with van der Waals surface area (Å²) in [4.78, 5) is 29.9. The highest BCUT2D eigenvalue weighted by Crippen LogP contribution is 2.32. The van der Waals surface area contributed by atoms with Gasteiger partial charge in [-0.25, -0.2) is 9.49 Å². The van der Waals surface area contributed by atoms with Gasteiger partial charge in [0.2, 0.25) is 5.76 Å². The lowest BCUT2D eigenvalue weighted by atomic mass is 10.1. The fraction of sp³-hybridized carbons (Fsp3) is 0.136. The Hall–Kier alpha value is -4.44. The Kier molecular flexibility index (Phi) is 6.63. The van der Waals surface area contributed by atoms with Crippen molar-refractivity contribution in [3.05, 3.63) is 86.6 Å². The van der Waals surface area contributed by atoms with E-state index >= 15 is 0 Å². The molecule has 3 heterocycles. The molecule has 4 rings (SSSR count). The van der Waals surface area contributed by atoms with Crippen molar-refractivity contribution in [2.75, 3.05) is 6.67 Å². The molecule has 0 spiro atoms. The molecule has 9 nitrogen and oxygen atoms in total. The monoisotopic (exact) mass is 520 g/mol. The van der Waals surface area contributed by atoms with E-state index < -0.39 is 41.6 Å². The van der Waals surface area contributed by atoms with Gasteiger partial charge in [-0.1, -0.05) is 11.6 Å². The average Bonchev–Trinajstić information content (AvgIpc) is 2.81. The largest absolute Gasteiger partial charge is 0.449 e. The molecular formula is C22H13ClF4N6O3. The summed E-state index contributed by atoms with van der Waals surface area (Å²) >= 11 is 5.89. The van der Waals surface area contributed by atoms with E-state index in [2.05, 4.69) is 20.5 Å². The minimum absolute atomic E-state index is 0.00428. The quantitative estimate of drug-likeness (QED) is 0.495. The van der Waals surface area contributed by atoms with Gasteiger partial charge in [0.15, 0.2) is 5.70 Å². The molecule has 14 heteroatoms. The number of nitriles is 1. The molecule has 0 bridgehead atoms. The predicted molar refractivity (Wildman–Crippen MR) is 116 cm³/mol. The smallest absolute Gasteiger partial charge is 0.434 e. The molecule has 0 aliphatic carbocycles. The molecule has 184 valence electrons. The number of aromatic nitrogens is 3. The normalized spacial score (nSPS) is 13.9. The molecule has 0 fully saturated rings. The van der Waals surface area contributed by atoms with Gasteiger partial charge >= 0.3 is 6.18 Å². The Morgan fingerprint density at radius 1 is 1.17 bits per heavy atom. The number of amides is 1. The highest BCUT2D eigenvalue weighted by atomic mass is 35.5. The molecule has 1 aliphatic rings. The first-order valence-corrected chi connectivity index (χ1v) is 10.4. The molecule has 2 aromatic heterocycles. The number of allylic oxidation sites excluding steroid dienone is 1. The SMILES string of the molecule is N#Cc1cc(Cl)cc(OC2=C(C(F)(F)F)NCN(Cc3cc(-c4cncc(F)c4)c(=O)[nH]n3)C2=O)c1. The van der Waals surface area contributed by atoms with Gasteiger partial charge in [-0.2, -0.15) is 23.5 Å². The zero-order chi connectivity index (χ0) is 26.0. The number of hydrogen-bond donors (Lipinski definition) is 2. The maximum atomic E-state index is 13.6. The molecule has 0 atom stereocenters. The summed E-state index contributed by atoms with van der Waals surface area (Å²) in [5.74, 6) is -3.15. The van der Waals surface area contributed by atoms with Crippen LogP contribution in [0.4, 0.5) is 17.6 Å². The van der Waals surface area contributed by atoms with Crippen LogP contribution < -0.4 is 15.6 Å². The van der Waals surface area contributed by atoms with Crippen molar-refractivity contribution >= 4 is 17.5 Å². The highest BCUT2D eigenvalue weighted by Gasteiger charge is 2.44. The van der Waals surface area contributed by atoms with E-state index in [0.717, 1.165) is 29.3 Å². The van der Waals surface area contributed by atoms with E-state index in [9.17, 15) is 27.2 Å². The summed E-state index contributed by atoms with van der Waals surface area (Å²) in [5, 5.41) is 17.2. The molecular weight excluding hydrogens is 508 g/mol. The standard InChI is InChI=1S/C22H13ClF4N6O3/c23-13-1-11(6-28)2-16(4-13)36-18-19(22(25,26)27)30-10-33(21(18)35)9-15-5-17(20(34)32-31-15)12-3-14(24)8-29-7-12/h1-5,7-8,30H,9-10H2,(H,32,34). The number of benzene rings is 1. The second-order valence-electron chi connectivity index (χ2n) is 7.42. The summed E-state index contributed by atoms with van der Waals surface area (Å²) in [6, 6.07) is 7.67. The van der Waals surface area contributed by atoms with Gasteiger partial charge in [-0.05, 0) is 30.3 Å². The number of carbonyl (C=O) groups is 1. The summed E-state index contributed by atoms with van der Waals surface area (Å²) in [7, 11) is 0. The van der Waals surface area contributed by atoms with Crippen LogP contribution in [0.5, 0.6) is 5.75 Å². The maximum absolute atomic E-state index is 13.6. The van der Waals surface area contributed by atoms with Gasteiger partial charge in [0.05, 0.1) is 42.3 Å². The topological polar surface area (TPSA) is 124 Å². The number of ether oxygens (including phenoxy) is 1. The van der Waals surface area contributed by atoms with Crippen molar-refractivity contribution in [3.63, 3.8) is 0 Å². The Morgan fingerprint density at radius 3 is 2.64 bits per heavy atom. The lowest BCUT2D eigenvalue weighted by molar-refractivity contribution is -0.137. The number of alkyl halides is 3. The molecule has 0 saturated heterocycles. The van der Waals surface area contributed by atoms with E-state index in [-0.39, 0.29) is 39.7 Å². The van der Waals surface area contributed by atoms with E-state index in [1.165, 1.54) is 18.3 Å². The van der Waals surface area contributed by atoms with Crippen LogP contribution in [0.15, 0.2) is 59.0 Å². The first kappa shape index (κ1) is 24.7. The molecule has 1 aromatic carbocycles. The van der Waals surface area contributed by atoms with Crippen molar-refractivity contribution in [1.29, 1.82) is 5.26 Å². The van der Waals surface area contributed by atoms with Crippen LogP contribution in [0.3, 0.4) is 0 Å². The third-order valence-electron chi connectivity index (χ3n) is 4.88. The number of nitrogens with one attached hydrogen (secondary N) is 2. The second kappa shape index (κ2) is 9.67. The molecule has 1 amide bonds. The lowest BCUT2D eigenvalue weighted by Gasteiger charge is -2.31. The Balaban J connectivity index is 1.66. The zero-order valence-electron chi connectivity index (χ0n) is 17.9. The number of hydrogen-bond acceptors (Lipinski definition) is 7. The molecule has 0 radical (unpaired) electrons. The van der Waals surface area contributed by atoms with Crippen molar-refractivity contribution in [2.45, 2.75) is 12.7 Å². The van der Waals surface area contributed by atoms with Gasteiger partial charge in [0, 0.05) is 16.8 Å². The van der Waals surface area contributed by atoms with Crippen LogP contribution in [0.25, 0.3) is 11.1 Å². The second-order valence-corrected chi connectivity index (χ2v) is 7.86. The molecule has 3 aromatic rings. The summed E-state index contributed by atoms with van der Waals surface area (Å²) in [6.45, 7) is -0.896. The number of aromatic amines is 1. The first-order chi connectivity index (χ1) is 17.0. The lowest BCUT2D eigenvalue weighted by Crippen LogP contribution is -2.49. The summed E-state index contributed by atoms with van der Waals surface area (Å²) < 4.78 is 59.7. The minimum Gasteiger partial charge on any atom is -0.449 e. The number of nitrogens with zero attached hydrogens (tertiary/aromatic N) is 4. The molecule has 0 unspecified atom stereocenters. The zero-order valence-corrected chi connectivity index (χ0v) is 18.6. The Bertz CT molecular complexity index is 1480. The summed E-state index contributed by atoms with van der Waals surface area (Å²) in [6.07, 6.45) is -2.76. The van der Waals surface area contributed by atoms with Crippen LogP contribution in [-0.4, -0.2) is 38.8 Å². The van der Waals surface area contributed by atoms with Gasteiger partial charge < -0.3 is 15.0 Å². The van der Waals surface area contributed by atoms with Gasteiger partial charge in [-0.15, -0.1) is 0 Å². The van der Waals surface area contributed by atoms with Crippen molar-refractivity contribution in [3.8, 4) is 22.9 Å². The van der Waals surface area contributed by atoms with E-state index in [1.54, 1.807) is 6.07 Å². The molecule has 36 heavy (non-hydrogen) atoms. The number of H-pyrrole nitrogens is 1. The van der Waals surface area contributed by atoms with Crippen molar-refractivity contribution in [2.24, 2.45) is 0 Å². The van der Waals surface area contributed by atoms with Gasteiger partial charge in [0.1, 0.15) is 11.6 Å². The molecule has 2 N–H and O–H groups in total. The van der Waals surface area contributed by atoms with Crippen LogP contribution in [0.2, 0.25) is 5.02 Å². The molecule has 0 saturated carbocycles. The first-order valence-electron chi connectivity index (χ1n) is 9.98. The predicted octanol–water partition coefficient (Wildman–Crippen LogP) is 3.24. The van der Waals surface area contributed by atoms with E-state index in [0.29, 0.717) is 0 Å². The Labute approximate surface area is 204 Å². The van der Waals surface area contributed by atoms with Gasteiger partial charge in [-0.3, -0.25) is 14.6 Å². The Morgan fingerprint density at radius 2 is 1.94 bits per heavy atom. The van der Waals surface area contributed by atoms with Crippen molar-refractivity contribution < 1.29 is 27.1 Å². The maximum Gasteiger partial charge on any atom is 0.434 e. The number of carbonyl (C=O) groups excluding carboxylic acids is 1. The van der Waals surface area contributed by atoms with Crippen LogP contribution >= 0.6 is 11.6 Å². The van der Waals surface area contributed by atoms with Crippen LogP contribution in [0.1, 0.15) is 11.3 Å². The van der Waals surface area contributed by atoms with E-state index in [1.807, 2.05) is 0 Å². The third kappa shape index (κ3) is 5.28. The van der Waals surface area contributed by atoms with Crippen LogP contribution in [-0.2, 0) is 11.3 Å². The number of halogens is 5. The van der Waals surface area contributed by atoms with Crippen molar-refractivity contribution in [1.82, 2.24) is 25.4 Å². The highest BCUT2D eigenvalue weighted by molar-refractivity contribution is 6.30. The van der Waals surface area contributed by atoms with E-state index in [4.69, 9.17) is 21.6 Å². The number of rotatable bonds is 5. The molecule has 1 aliphatic heterocycles. The average molecular weight is 521 g/mol. The minimum atomic E-state index is -4.96.